The molecular formula is C7H10BrN3O3. The maximum absolute atomic E-state index is 10.1. The number of hydrogen-bond donors (Lipinski definition) is 1. The summed E-state index contributed by atoms with van der Waals surface area (Å²) in [6.07, 6.45) is 1.60. The lowest BCUT2D eigenvalue weighted by atomic mass is 10.5. The van der Waals surface area contributed by atoms with Crippen molar-refractivity contribution in [2.45, 2.75) is 13.0 Å². The van der Waals surface area contributed by atoms with E-state index in [0.717, 1.165) is 0 Å². The fourth-order valence-electron chi connectivity index (χ4n) is 0.799. The van der Waals surface area contributed by atoms with Gasteiger partial charge in [0.1, 0.15) is 6.33 Å². The fraction of sp³-hybridized carbons (Fsp3) is 0.571. The molecule has 1 aromatic rings. The number of rotatable bonds is 6. The average Bonchev–Trinajstić information content (AvgIpc) is 2.50. The Bertz CT molecular complexity index is 302. The van der Waals surface area contributed by atoms with Crippen molar-refractivity contribution in [1.29, 1.82) is 0 Å². The Morgan fingerprint density at radius 2 is 2.43 bits per heavy atom. The molecule has 1 rings (SSSR count). The first kappa shape index (κ1) is 11.1. The lowest BCUT2D eigenvalue weighted by Crippen LogP contribution is -2.09. The minimum atomic E-state index is -0.853. The van der Waals surface area contributed by atoms with Crippen LogP contribution in [0.5, 0.6) is 0 Å². The Kier molecular flexibility index (Phi) is 4.54. The highest BCUT2D eigenvalue weighted by Gasteiger charge is 1.98. The summed E-state index contributed by atoms with van der Waals surface area (Å²) in [5.74, 6) is -0.853. The lowest BCUT2D eigenvalue weighted by molar-refractivity contribution is -0.138. The summed E-state index contributed by atoms with van der Waals surface area (Å²) in [5.41, 5.74) is 0. The summed E-state index contributed by atoms with van der Waals surface area (Å²) >= 11 is 3.11. The molecule has 14 heavy (non-hydrogen) atoms. The Balaban J connectivity index is 2.07. The summed E-state index contributed by atoms with van der Waals surface area (Å²) in [5, 5.41) is 12.3. The highest BCUT2D eigenvalue weighted by atomic mass is 79.9. The number of carboxylic acid groups (broad SMARTS) is 1. The van der Waals surface area contributed by atoms with E-state index in [2.05, 4.69) is 26.0 Å². The predicted octanol–water partition coefficient (Wildman–Crippen LogP) is 0.532. The summed E-state index contributed by atoms with van der Waals surface area (Å²) in [7, 11) is 0. The summed E-state index contributed by atoms with van der Waals surface area (Å²) < 4.78 is 7.22. The molecule has 0 aliphatic heterocycles. The first-order valence-corrected chi connectivity index (χ1v) is 4.82. The van der Waals surface area contributed by atoms with E-state index in [-0.39, 0.29) is 13.0 Å². The Hall–Kier alpha value is -0.950. The van der Waals surface area contributed by atoms with Crippen LogP contribution in [0.2, 0.25) is 0 Å². The van der Waals surface area contributed by atoms with Crippen LogP contribution in [0, 0.1) is 0 Å². The molecule has 0 unspecified atom stereocenters. The second-order valence-electron chi connectivity index (χ2n) is 2.53. The molecule has 1 aromatic heterocycles. The van der Waals surface area contributed by atoms with Gasteiger partial charge in [0.25, 0.3) is 0 Å². The minimum absolute atomic E-state index is 0.0288. The second kappa shape index (κ2) is 5.71. The van der Waals surface area contributed by atoms with Crippen LogP contribution < -0.4 is 0 Å². The van der Waals surface area contributed by atoms with Crippen LogP contribution in [-0.4, -0.2) is 39.1 Å². The molecule has 0 aromatic carbocycles. The number of carboxylic acids is 1. The number of carbonyl (C=O) groups is 1. The van der Waals surface area contributed by atoms with Gasteiger partial charge in [0.15, 0.2) is 0 Å². The lowest BCUT2D eigenvalue weighted by Gasteiger charge is -2.01. The van der Waals surface area contributed by atoms with Crippen molar-refractivity contribution in [2.75, 3.05) is 13.2 Å². The molecule has 0 aliphatic rings. The predicted molar refractivity (Wildman–Crippen MR) is 50.8 cm³/mol. The van der Waals surface area contributed by atoms with Gasteiger partial charge in [-0.1, -0.05) is 0 Å². The third kappa shape index (κ3) is 4.33. The van der Waals surface area contributed by atoms with Gasteiger partial charge in [0.2, 0.25) is 4.73 Å². The highest BCUT2D eigenvalue weighted by Crippen LogP contribution is 1.98. The van der Waals surface area contributed by atoms with Gasteiger partial charge in [-0.15, -0.1) is 5.10 Å². The van der Waals surface area contributed by atoms with Crippen molar-refractivity contribution in [1.82, 2.24) is 14.8 Å². The third-order valence-corrected chi connectivity index (χ3v) is 1.80. The zero-order valence-corrected chi connectivity index (χ0v) is 8.98. The second-order valence-corrected chi connectivity index (χ2v) is 3.24. The van der Waals surface area contributed by atoms with Gasteiger partial charge in [-0.05, 0) is 15.9 Å². The molecule has 6 nitrogen and oxygen atoms in total. The van der Waals surface area contributed by atoms with Gasteiger partial charge in [0, 0.05) is 0 Å². The molecule has 7 heteroatoms. The van der Waals surface area contributed by atoms with Crippen LogP contribution in [0.3, 0.4) is 0 Å². The largest absolute Gasteiger partial charge is 0.481 e. The molecule has 0 saturated carbocycles. The topological polar surface area (TPSA) is 77.2 Å². The zero-order chi connectivity index (χ0) is 10.4. The number of ether oxygens (including phenoxy) is 1. The fourth-order valence-corrected chi connectivity index (χ4v) is 1.09. The molecule has 1 heterocycles. The molecule has 0 radical (unpaired) electrons. The van der Waals surface area contributed by atoms with Crippen molar-refractivity contribution in [3.63, 3.8) is 0 Å². The van der Waals surface area contributed by atoms with E-state index in [1.54, 1.807) is 11.0 Å². The number of aromatic nitrogens is 3. The molecule has 0 amide bonds. The number of nitrogens with zero attached hydrogens (tertiary/aromatic N) is 3. The van der Waals surface area contributed by atoms with Crippen LogP contribution in [-0.2, 0) is 16.1 Å². The van der Waals surface area contributed by atoms with Crippen molar-refractivity contribution < 1.29 is 14.6 Å². The average molecular weight is 264 g/mol. The van der Waals surface area contributed by atoms with Crippen LogP contribution in [0.25, 0.3) is 0 Å². The summed E-state index contributed by atoms with van der Waals surface area (Å²) in [6, 6.07) is 0. The molecule has 0 spiro atoms. The molecular weight excluding hydrogens is 254 g/mol. The van der Waals surface area contributed by atoms with Crippen molar-refractivity contribution in [2.24, 2.45) is 0 Å². The molecule has 0 aliphatic carbocycles. The van der Waals surface area contributed by atoms with Crippen LogP contribution in [0.1, 0.15) is 6.42 Å². The first-order valence-electron chi connectivity index (χ1n) is 4.03. The number of hydrogen-bond acceptors (Lipinski definition) is 4. The van der Waals surface area contributed by atoms with Gasteiger partial charge >= 0.3 is 5.97 Å². The smallest absolute Gasteiger partial charge is 0.305 e. The molecule has 1 N–H and O–H groups in total. The Morgan fingerprint density at radius 1 is 1.64 bits per heavy atom. The number of halogens is 1. The molecule has 0 fully saturated rings. The SMILES string of the molecule is O=C(O)CCOCCn1cnc(Br)n1. The van der Waals surface area contributed by atoms with Crippen LogP contribution in [0.15, 0.2) is 11.1 Å². The van der Waals surface area contributed by atoms with Crippen molar-refractivity contribution in [3.05, 3.63) is 11.1 Å². The van der Waals surface area contributed by atoms with Gasteiger partial charge in [-0.2, -0.15) is 0 Å². The maximum Gasteiger partial charge on any atom is 0.305 e. The highest BCUT2D eigenvalue weighted by molar-refractivity contribution is 9.10. The molecule has 0 bridgehead atoms. The summed E-state index contributed by atoms with van der Waals surface area (Å²) in [6.45, 7) is 1.23. The van der Waals surface area contributed by atoms with Crippen molar-refractivity contribution >= 4 is 21.9 Å². The van der Waals surface area contributed by atoms with Crippen molar-refractivity contribution in [3.8, 4) is 0 Å². The molecule has 78 valence electrons. The normalized spacial score (nSPS) is 10.4. The monoisotopic (exact) mass is 263 g/mol. The van der Waals surface area contributed by atoms with Gasteiger partial charge in [-0.25, -0.2) is 9.67 Å². The van der Waals surface area contributed by atoms with Crippen LogP contribution in [0.4, 0.5) is 0 Å². The van der Waals surface area contributed by atoms with E-state index in [9.17, 15) is 4.79 Å². The quantitative estimate of drug-likeness (QED) is 0.758. The Labute approximate surface area is 89.0 Å². The molecule has 0 saturated heterocycles. The number of aliphatic carboxylic acids is 1. The third-order valence-electron chi connectivity index (χ3n) is 1.43. The molecule has 0 atom stereocenters. The van der Waals surface area contributed by atoms with E-state index >= 15 is 0 Å². The van der Waals surface area contributed by atoms with E-state index in [0.29, 0.717) is 17.9 Å². The maximum atomic E-state index is 10.1. The van der Waals surface area contributed by atoms with E-state index in [4.69, 9.17) is 9.84 Å². The van der Waals surface area contributed by atoms with E-state index in [1.165, 1.54) is 0 Å². The van der Waals surface area contributed by atoms with Gasteiger partial charge in [0.05, 0.1) is 26.2 Å². The zero-order valence-electron chi connectivity index (χ0n) is 7.39. The van der Waals surface area contributed by atoms with E-state index < -0.39 is 5.97 Å². The van der Waals surface area contributed by atoms with E-state index in [1.807, 2.05) is 0 Å². The minimum Gasteiger partial charge on any atom is -0.481 e. The standard InChI is InChI=1S/C7H10BrN3O3/c8-7-9-5-11(10-7)2-4-14-3-1-6(12)13/h5H,1-4H2,(H,12,13). The van der Waals surface area contributed by atoms with Crippen LogP contribution >= 0.6 is 15.9 Å². The first-order chi connectivity index (χ1) is 6.68. The summed E-state index contributed by atoms with van der Waals surface area (Å²) in [4.78, 5) is 14.0. The van der Waals surface area contributed by atoms with Gasteiger partial charge in [-0.3, -0.25) is 4.79 Å². The van der Waals surface area contributed by atoms with Gasteiger partial charge < -0.3 is 9.84 Å². The Morgan fingerprint density at radius 3 is 3.00 bits per heavy atom.